The number of aryl methyl sites for hydroxylation is 1. The molecule has 32 heavy (non-hydrogen) atoms. The van der Waals surface area contributed by atoms with E-state index in [0.717, 1.165) is 17.7 Å². The fourth-order valence-corrected chi connectivity index (χ4v) is 3.34. The Hall–Kier alpha value is -3.04. The van der Waals surface area contributed by atoms with Crippen LogP contribution in [-0.2, 0) is 11.3 Å². The lowest BCUT2D eigenvalue weighted by Crippen LogP contribution is -2.33. The lowest BCUT2D eigenvalue weighted by atomic mass is 10.1. The minimum absolute atomic E-state index is 0.108. The zero-order valence-electron chi connectivity index (χ0n) is 17.6. The van der Waals surface area contributed by atoms with Gasteiger partial charge in [0.15, 0.2) is 11.6 Å². The van der Waals surface area contributed by atoms with Gasteiger partial charge in [-0.25, -0.2) is 8.78 Å². The van der Waals surface area contributed by atoms with Crippen molar-refractivity contribution < 1.29 is 23.0 Å². The van der Waals surface area contributed by atoms with E-state index < -0.39 is 17.9 Å². The lowest BCUT2D eigenvalue weighted by Gasteiger charge is -2.15. The average molecular weight is 507 g/mol. The van der Waals surface area contributed by atoms with E-state index in [4.69, 9.17) is 9.47 Å². The van der Waals surface area contributed by atoms with E-state index in [9.17, 15) is 18.4 Å². The highest BCUT2D eigenvalue weighted by atomic mass is 79.9. The number of carbonyl (C=O) groups excluding carboxylic acids is 1. The summed E-state index contributed by atoms with van der Waals surface area (Å²) in [7, 11) is 1.50. The monoisotopic (exact) mass is 506 g/mol. The second-order valence-corrected chi connectivity index (χ2v) is 7.87. The van der Waals surface area contributed by atoms with E-state index in [1.54, 1.807) is 44.2 Å². The average Bonchev–Trinajstić information content (AvgIpc) is 2.76. The van der Waals surface area contributed by atoms with Crippen LogP contribution in [0.4, 0.5) is 8.78 Å². The molecule has 1 aromatic heterocycles. The smallest absolute Gasteiger partial charge is 0.269 e. The number of nitrogens with zero attached hydrogens (tertiary/aromatic N) is 1. The molecule has 9 heteroatoms. The minimum atomic E-state index is -0.872. The number of halogens is 3. The number of hydrogen-bond acceptors (Lipinski definition) is 4. The van der Waals surface area contributed by atoms with Gasteiger partial charge >= 0.3 is 0 Å². The standard InChI is InChI=1S/C23H21BrF2N2O4/c1-13-10-20(32-19-9-8-17(25)11-18(19)26)21(24)23(30)28(13)12-15-4-6-16(7-5-15)22(29)27-14(2)31-3/h4-11,14H,12H2,1-3H3,(H,27,29). The molecule has 0 bridgehead atoms. The molecule has 0 fully saturated rings. The van der Waals surface area contributed by atoms with Crippen molar-refractivity contribution >= 4 is 21.8 Å². The largest absolute Gasteiger partial charge is 0.453 e. The van der Waals surface area contributed by atoms with Crippen molar-refractivity contribution in [3.63, 3.8) is 0 Å². The Balaban J connectivity index is 1.81. The number of rotatable bonds is 7. The second kappa shape index (κ2) is 10.1. The second-order valence-electron chi connectivity index (χ2n) is 7.08. The van der Waals surface area contributed by atoms with Crippen molar-refractivity contribution in [2.45, 2.75) is 26.6 Å². The lowest BCUT2D eigenvalue weighted by molar-refractivity contribution is 0.0658. The first-order valence-corrected chi connectivity index (χ1v) is 10.4. The van der Waals surface area contributed by atoms with Gasteiger partial charge in [-0.1, -0.05) is 12.1 Å². The summed E-state index contributed by atoms with van der Waals surface area (Å²) >= 11 is 3.22. The Bertz CT molecular complexity index is 1200. The van der Waals surface area contributed by atoms with Gasteiger partial charge in [-0.2, -0.15) is 0 Å². The molecule has 1 heterocycles. The molecule has 0 spiro atoms. The van der Waals surface area contributed by atoms with Crippen LogP contribution >= 0.6 is 15.9 Å². The van der Waals surface area contributed by atoms with E-state index in [-0.39, 0.29) is 34.0 Å². The van der Waals surface area contributed by atoms with Gasteiger partial charge in [0.2, 0.25) is 0 Å². The maximum Gasteiger partial charge on any atom is 0.269 e. The van der Waals surface area contributed by atoms with Crippen LogP contribution in [0.25, 0.3) is 0 Å². The fourth-order valence-electron chi connectivity index (χ4n) is 2.93. The molecule has 1 N–H and O–H groups in total. The first kappa shape index (κ1) is 23.6. The summed E-state index contributed by atoms with van der Waals surface area (Å²) in [6.07, 6.45) is -0.412. The minimum Gasteiger partial charge on any atom is -0.453 e. The van der Waals surface area contributed by atoms with E-state index in [2.05, 4.69) is 21.2 Å². The predicted octanol–water partition coefficient (Wildman–Crippen LogP) is 4.76. The van der Waals surface area contributed by atoms with Gasteiger partial charge in [-0.15, -0.1) is 0 Å². The van der Waals surface area contributed by atoms with Crippen LogP contribution in [-0.4, -0.2) is 23.8 Å². The fraction of sp³-hybridized carbons (Fsp3) is 0.217. The van der Waals surface area contributed by atoms with E-state index in [1.807, 2.05) is 0 Å². The zero-order valence-corrected chi connectivity index (χ0v) is 19.2. The molecule has 2 aromatic carbocycles. The van der Waals surface area contributed by atoms with E-state index in [0.29, 0.717) is 17.3 Å². The van der Waals surface area contributed by atoms with Crippen LogP contribution in [0.2, 0.25) is 0 Å². The Morgan fingerprint density at radius 2 is 1.81 bits per heavy atom. The molecule has 0 aliphatic carbocycles. The summed E-state index contributed by atoms with van der Waals surface area (Å²) in [4.78, 5) is 25.0. The summed E-state index contributed by atoms with van der Waals surface area (Å²) < 4.78 is 39.2. The number of benzene rings is 2. The van der Waals surface area contributed by atoms with Crippen molar-refractivity contribution in [3.05, 3.63) is 91.8 Å². The molecule has 1 atom stereocenters. The van der Waals surface area contributed by atoms with Crippen LogP contribution in [0.15, 0.2) is 57.8 Å². The summed E-state index contributed by atoms with van der Waals surface area (Å²) in [6.45, 7) is 3.69. The molecular formula is C23H21BrF2N2O4. The van der Waals surface area contributed by atoms with Crippen LogP contribution in [0.5, 0.6) is 11.5 Å². The molecule has 0 aliphatic heterocycles. The highest BCUT2D eigenvalue weighted by Crippen LogP contribution is 2.30. The van der Waals surface area contributed by atoms with Crippen LogP contribution in [0.3, 0.4) is 0 Å². The Kier molecular flexibility index (Phi) is 7.42. The molecule has 0 saturated carbocycles. The van der Waals surface area contributed by atoms with Crippen LogP contribution in [0, 0.1) is 18.6 Å². The van der Waals surface area contributed by atoms with Crippen molar-refractivity contribution in [2.75, 3.05) is 7.11 Å². The first-order valence-electron chi connectivity index (χ1n) is 9.65. The van der Waals surface area contributed by atoms with Gasteiger partial charge < -0.3 is 19.4 Å². The topological polar surface area (TPSA) is 69.6 Å². The number of amides is 1. The van der Waals surface area contributed by atoms with E-state index >= 15 is 0 Å². The number of ether oxygens (including phenoxy) is 2. The molecule has 3 aromatic rings. The third kappa shape index (κ3) is 5.41. The van der Waals surface area contributed by atoms with Gasteiger partial charge in [0.25, 0.3) is 11.5 Å². The van der Waals surface area contributed by atoms with Gasteiger partial charge in [-0.05, 0) is 59.6 Å². The van der Waals surface area contributed by atoms with Gasteiger partial charge in [0.1, 0.15) is 22.3 Å². The number of aromatic nitrogens is 1. The maximum absolute atomic E-state index is 13.9. The maximum atomic E-state index is 13.9. The van der Waals surface area contributed by atoms with E-state index in [1.165, 1.54) is 11.7 Å². The molecule has 168 valence electrons. The summed E-state index contributed by atoms with van der Waals surface area (Å²) in [6, 6.07) is 11.4. The number of nitrogens with one attached hydrogen (secondary N) is 1. The third-order valence-electron chi connectivity index (χ3n) is 4.77. The number of hydrogen-bond donors (Lipinski definition) is 1. The third-order valence-corrected chi connectivity index (χ3v) is 5.50. The molecule has 0 aliphatic rings. The molecule has 1 unspecified atom stereocenters. The Morgan fingerprint density at radius 1 is 1.12 bits per heavy atom. The normalized spacial score (nSPS) is 11.8. The molecule has 0 saturated heterocycles. The quantitative estimate of drug-likeness (QED) is 0.469. The molecule has 3 rings (SSSR count). The summed E-state index contributed by atoms with van der Waals surface area (Å²) in [5.74, 6) is -1.94. The first-order chi connectivity index (χ1) is 15.2. The Morgan fingerprint density at radius 3 is 2.44 bits per heavy atom. The molecule has 1 amide bonds. The summed E-state index contributed by atoms with van der Waals surface area (Å²) in [5, 5.41) is 2.69. The number of pyridine rings is 1. The highest BCUT2D eigenvalue weighted by molar-refractivity contribution is 9.10. The SMILES string of the molecule is COC(C)NC(=O)c1ccc(Cn2c(C)cc(Oc3ccc(F)cc3F)c(Br)c2=O)cc1. The Labute approximate surface area is 191 Å². The number of methoxy groups -OCH3 is 1. The van der Waals surface area contributed by atoms with Crippen molar-refractivity contribution in [3.8, 4) is 11.5 Å². The molecule has 0 radical (unpaired) electrons. The van der Waals surface area contributed by atoms with Crippen LogP contribution < -0.4 is 15.6 Å². The van der Waals surface area contributed by atoms with Crippen LogP contribution in [0.1, 0.15) is 28.5 Å². The van der Waals surface area contributed by atoms with Crippen molar-refractivity contribution in [2.24, 2.45) is 0 Å². The van der Waals surface area contributed by atoms with Gasteiger partial charge in [0, 0.05) is 30.5 Å². The van der Waals surface area contributed by atoms with Crippen molar-refractivity contribution in [1.82, 2.24) is 9.88 Å². The summed E-state index contributed by atoms with van der Waals surface area (Å²) in [5.41, 5.74) is 1.47. The highest BCUT2D eigenvalue weighted by Gasteiger charge is 2.16. The molecule has 6 nitrogen and oxygen atoms in total. The van der Waals surface area contributed by atoms with Gasteiger partial charge in [0.05, 0.1) is 6.54 Å². The van der Waals surface area contributed by atoms with Gasteiger partial charge in [-0.3, -0.25) is 9.59 Å². The predicted molar refractivity (Wildman–Crippen MR) is 119 cm³/mol. The molecular weight excluding hydrogens is 486 g/mol. The van der Waals surface area contributed by atoms with Crippen molar-refractivity contribution in [1.29, 1.82) is 0 Å². The number of carbonyl (C=O) groups is 1. The zero-order chi connectivity index (χ0) is 23.4.